The van der Waals surface area contributed by atoms with Crippen molar-refractivity contribution in [1.82, 2.24) is 0 Å². The number of nitrogens with two attached hydrogens (primary N) is 1. The van der Waals surface area contributed by atoms with Gasteiger partial charge in [0.05, 0.1) is 10.0 Å². The molecule has 0 aliphatic carbocycles. The first-order chi connectivity index (χ1) is 6.84. The number of hydrogen-bond donors (Lipinski definition) is 2. The van der Waals surface area contributed by atoms with E-state index in [1.807, 2.05) is 0 Å². The number of carboxylic acid groups (broad SMARTS) is 1. The van der Waals surface area contributed by atoms with Gasteiger partial charge < -0.3 is 10.8 Å². The Morgan fingerprint density at radius 2 is 1.87 bits per heavy atom. The first-order valence-corrected chi connectivity index (χ1v) is 4.69. The molecule has 0 bridgehead atoms. The van der Waals surface area contributed by atoms with Crippen molar-refractivity contribution in [3.05, 3.63) is 40.4 Å². The minimum atomic E-state index is -0.935. The van der Waals surface area contributed by atoms with Gasteiger partial charge in [-0.15, -0.1) is 0 Å². The van der Waals surface area contributed by atoms with Crippen molar-refractivity contribution in [2.75, 3.05) is 5.73 Å². The van der Waals surface area contributed by atoms with Gasteiger partial charge in [0.25, 0.3) is 0 Å². The molecule has 5 heteroatoms. The number of benzene rings is 1. The number of nitrogen functional groups attached to an aromatic ring is 1. The Hall–Kier alpha value is -1.19. The van der Waals surface area contributed by atoms with Crippen molar-refractivity contribution >= 4 is 34.9 Å². The summed E-state index contributed by atoms with van der Waals surface area (Å²) in [6.07, 6.45) is 0. The van der Waals surface area contributed by atoms with E-state index in [2.05, 4.69) is 6.58 Å². The molecule has 3 N–H and O–H groups in total. The number of rotatable bonds is 1. The maximum absolute atomic E-state index is 9.60. The molecule has 0 aliphatic rings. The summed E-state index contributed by atoms with van der Waals surface area (Å²) in [6, 6.07) is 4.98. The number of hydrogen-bond acceptors (Lipinski definition) is 2. The summed E-state index contributed by atoms with van der Waals surface area (Å²) in [5.41, 5.74) is 6.19. The van der Waals surface area contributed by atoms with E-state index in [-0.39, 0.29) is 5.57 Å². The van der Waals surface area contributed by atoms with E-state index >= 15 is 0 Å². The molecule has 0 aliphatic heterocycles. The fraction of sp³-hybridized carbons (Fsp3) is 0.100. The molecule has 1 rings (SSSR count). The van der Waals surface area contributed by atoms with E-state index in [9.17, 15) is 4.79 Å². The standard InChI is InChI=1S/C6H5Cl2N.C4H6O2/c7-5-2-1-4(9)3-6(5)8;1-3(2)4(5)6/h1-3H,9H2;1H2,2H3,(H,5,6). The first-order valence-electron chi connectivity index (χ1n) is 3.94. The van der Waals surface area contributed by atoms with Crippen molar-refractivity contribution in [3.8, 4) is 0 Å². The van der Waals surface area contributed by atoms with Crippen LogP contribution in [0.25, 0.3) is 0 Å². The van der Waals surface area contributed by atoms with Crippen LogP contribution in [0, 0.1) is 0 Å². The van der Waals surface area contributed by atoms with Crippen LogP contribution in [-0.2, 0) is 4.79 Å². The summed E-state index contributed by atoms with van der Waals surface area (Å²) in [5.74, 6) is -0.935. The SMILES string of the molecule is C=C(C)C(=O)O.Nc1ccc(Cl)c(Cl)c1. The molecule has 0 radical (unpaired) electrons. The highest BCUT2D eigenvalue weighted by Crippen LogP contribution is 2.23. The highest BCUT2D eigenvalue weighted by molar-refractivity contribution is 6.42. The molecule has 1 aromatic rings. The summed E-state index contributed by atoms with van der Waals surface area (Å²) < 4.78 is 0. The number of anilines is 1. The van der Waals surface area contributed by atoms with Crippen molar-refractivity contribution < 1.29 is 9.90 Å². The average molecular weight is 248 g/mol. The van der Waals surface area contributed by atoms with Gasteiger partial charge in [-0.05, 0) is 25.1 Å². The van der Waals surface area contributed by atoms with E-state index in [1.165, 1.54) is 6.92 Å². The van der Waals surface area contributed by atoms with Gasteiger partial charge in [0.2, 0.25) is 0 Å². The molecule has 0 fully saturated rings. The number of aliphatic carboxylic acids is 1. The quantitative estimate of drug-likeness (QED) is 0.592. The minimum absolute atomic E-state index is 0.176. The molecule has 15 heavy (non-hydrogen) atoms. The molecule has 0 heterocycles. The molecule has 1 aromatic carbocycles. The zero-order valence-electron chi connectivity index (χ0n) is 8.13. The lowest BCUT2D eigenvalue weighted by molar-refractivity contribution is -0.132. The van der Waals surface area contributed by atoms with Crippen LogP contribution >= 0.6 is 23.2 Å². The number of halogens is 2. The zero-order chi connectivity index (χ0) is 12.0. The van der Waals surface area contributed by atoms with Gasteiger partial charge in [0.15, 0.2) is 0 Å². The fourth-order valence-electron chi connectivity index (χ4n) is 0.512. The van der Waals surface area contributed by atoms with Crippen LogP contribution in [0.15, 0.2) is 30.4 Å². The predicted molar refractivity (Wildman–Crippen MR) is 63.3 cm³/mol. The number of carboxylic acids is 1. The molecule has 0 aromatic heterocycles. The van der Waals surface area contributed by atoms with E-state index in [0.29, 0.717) is 15.7 Å². The summed E-state index contributed by atoms with van der Waals surface area (Å²) in [4.78, 5) is 9.60. The van der Waals surface area contributed by atoms with E-state index in [0.717, 1.165) is 0 Å². The summed E-state index contributed by atoms with van der Waals surface area (Å²) in [7, 11) is 0. The molecule has 0 saturated carbocycles. The third kappa shape index (κ3) is 5.99. The monoisotopic (exact) mass is 247 g/mol. The lowest BCUT2D eigenvalue weighted by Crippen LogP contribution is -1.92. The smallest absolute Gasteiger partial charge is 0.330 e. The molecule has 82 valence electrons. The van der Waals surface area contributed by atoms with Gasteiger partial charge in [-0.25, -0.2) is 4.79 Å². The Kier molecular flexibility index (Phi) is 5.82. The molecule has 0 unspecified atom stereocenters. The summed E-state index contributed by atoms with van der Waals surface area (Å²) in [5, 5.41) is 8.92. The fourth-order valence-corrected chi connectivity index (χ4v) is 0.819. The van der Waals surface area contributed by atoms with Gasteiger partial charge in [-0.3, -0.25) is 0 Å². The van der Waals surface area contributed by atoms with Crippen LogP contribution in [0.4, 0.5) is 5.69 Å². The van der Waals surface area contributed by atoms with Gasteiger partial charge in [0.1, 0.15) is 0 Å². The molecule has 3 nitrogen and oxygen atoms in total. The van der Waals surface area contributed by atoms with Crippen LogP contribution in [0.2, 0.25) is 10.0 Å². The second-order valence-corrected chi connectivity index (χ2v) is 3.57. The Bertz CT molecular complexity index is 366. The largest absolute Gasteiger partial charge is 0.478 e. The van der Waals surface area contributed by atoms with Gasteiger partial charge in [0, 0.05) is 11.3 Å². The van der Waals surface area contributed by atoms with Crippen molar-refractivity contribution in [1.29, 1.82) is 0 Å². The molecular weight excluding hydrogens is 237 g/mol. The lowest BCUT2D eigenvalue weighted by Gasteiger charge is -1.94. The Morgan fingerprint density at radius 3 is 2.13 bits per heavy atom. The van der Waals surface area contributed by atoms with E-state index < -0.39 is 5.97 Å². The van der Waals surface area contributed by atoms with Gasteiger partial charge in [-0.1, -0.05) is 29.8 Å². The minimum Gasteiger partial charge on any atom is -0.478 e. The molecule has 0 spiro atoms. The zero-order valence-corrected chi connectivity index (χ0v) is 9.64. The van der Waals surface area contributed by atoms with Gasteiger partial charge >= 0.3 is 5.97 Å². The van der Waals surface area contributed by atoms with Gasteiger partial charge in [-0.2, -0.15) is 0 Å². The maximum Gasteiger partial charge on any atom is 0.330 e. The van der Waals surface area contributed by atoms with E-state index in [1.54, 1.807) is 18.2 Å². The number of carbonyl (C=O) groups is 1. The van der Waals surface area contributed by atoms with Crippen molar-refractivity contribution in [2.24, 2.45) is 0 Å². The molecule has 0 amide bonds. The Labute approximate surface area is 98.1 Å². The second-order valence-electron chi connectivity index (χ2n) is 2.76. The molecule has 0 atom stereocenters. The van der Waals surface area contributed by atoms with Crippen LogP contribution in [0.1, 0.15) is 6.92 Å². The molecule has 0 saturated heterocycles. The van der Waals surface area contributed by atoms with Crippen LogP contribution < -0.4 is 5.73 Å². The van der Waals surface area contributed by atoms with Crippen LogP contribution in [0.3, 0.4) is 0 Å². The summed E-state index contributed by atoms with van der Waals surface area (Å²) in [6.45, 7) is 4.60. The van der Waals surface area contributed by atoms with Crippen LogP contribution in [-0.4, -0.2) is 11.1 Å². The normalized spacial score (nSPS) is 8.73. The third-order valence-corrected chi connectivity index (χ3v) is 2.05. The molecular formula is C10H11Cl2NO2. The highest BCUT2D eigenvalue weighted by Gasteiger charge is 1.94. The van der Waals surface area contributed by atoms with Crippen molar-refractivity contribution in [3.63, 3.8) is 0 Å². The summed E-state index contributed by atoms with van der Waals surface area (Å²) >= 11 is 11.2. The lowest BCUT2D eigenvalue weighted by atomic mass is 10.3. The highest BCUT2D eigenvalue weighted by atomic mass is 35.5. The third-order valence-electron chi connectivity index (χ3n) is 1.31. The average Bonchev–Trinajstić information content (AvgIpc) is 2.13. The Morgan fingerprint density at radius 1 is 1.40 bits per heavy atom. The first kappa shape index (κ1) is 13.8. The Balaban J connectivity index is 0.000000288. The predicted octanol–water partition coefficient (Wildman–Crippen LogP) is 3.22. The van der Waals surface area contributed by atoms with Crippen molar-refractivity contribution in [2.45, 2.75) is 6.92 Å². The second kappa shape index (κ2) is 6.32. The maximum atomic E-state index is 9.60. The van der Waals surface area contributed by atoms with Crippen LogP contribution in [0.5, 0.6) is 0 Å². The topological polar surface area (TPSA) is 63.3 Å². The van der Waals surface area contributed by atoms with E-state index in [4.69, 9.17) is 34.0 Å².